The van der Waals surface area contributed by atoms with Gasteiger partial charge in [0.2, 0.25) is 0 Å². The standard InChI is InChI=1S/C42H24BrNO/c43-28-21-27(26-18-20-39-37(23-26)33-13-7-8-16-38(33)45-39)22-29(24-28)44-41-30-10-2-1-9-25(30)17-19-36(41)40-34-14-5-3-11-31(34)32-12-4-6-15-35(32)42(40)44/h1-24H. The molecule has 0 aliphatic heterocycles. The van der Waals surface area contributed by atoms with Gasteiger partial charge in [0.1, 0.15) is 11.2 Å². The summed E-state index contributed by atoms with van der Waals surface area (Å²) in [6.45, 7) is 0. The molecule has 0 bridgehead atoms. The molecule has 0 aliphatic carbocycles. The van der Waals surface area contributed by atoms with E-state index in [-0.39, 0.29) is 0 Å². The maximum Gasteiger partial charge on any atom is 0.135 e. The third kappa shape index (κ3) is 3.56. The second-order valence-corrected chi connectivity index (χ2v) is 12.8. The van der Waals surface area contributed by atoms with Crippen LogP contribution in [0.3, 0.4) is 0 Å². The summed E-state index contributed by atoms with van der Waals surface area (Å²) >= 11 is 3.91. The van der Waals surface area contributed by atoms with Crippen molar-refractivity contribution in [3.8, 4) is 16.8 Å². The molecule has 0 radical (unpaired) electrons. The zero-order valence-corrected chi connectivity index (χ0v) is 25.7. The van der Waals surface area contributed by atoms with Crippen LogP contribution in [-0.2, 0) is 0 Å². The molecule has 2 nitrogen and oxygen atoms in total. The predicted octanol–water partition coefficient (Wildman–Crippen LogP) is 12.6. The molecule has 8 aromatic carbocycles. The summed E-state index contributed by atoms with van der Waals surface area (Å²) in [6.07, 6.45) is 0. The molecule has 0 fully saturated rings. The predicted molar refractivity (Wildman–Crippen MR) is 194 cm³/mol. The summed E-state index contributed by atoms with van der Waals surface area (Å²) in [4.78, 5) is 0. The van der Waals surface area contributed by atoms with Gasteiger partial charge in [-0.15, -0.1) is 0 Å². The molecule has 2 heterocycles. The van der Waals surface area contributed by atoms with Crippen molar-refractivity contribution in [2.75, 3.05) is 0 Å². The first-order valence-corrected chi connectivity index (χ1v) is 16.0. The monoisotopic (exact) mass is 637 g/mol. The van der Waals surface area contributed by atoms with Gasteiger partial charge in [-0.3, -0.25) is 0 Å². The maximum atomic E-state index is 6.15. The quantitative estimate of drug-likeness (QED) is 0.172. The minimum atomic E-state index is 0.905. The first-order chi connectivity index (χ1) is 22.2. The minimum Gasteiger partial charge on any atom is -0.456 e. The summed E-state index contributed by atoms with van der Waals surface area (Å²) in [6, 6.07) is 52.6. The van der Waals surface area contributed by atoms with Gasteiger partial charge in [0, 0.05) is 42.5 Å². The molecule has 2 aromatic heterocycles. The normalized spacial score (nSPS) is 12.1. The van der Waals surface area contributed by atoms with Crippen LogP contribution in [0, 0.1) is 0 Å². The van der Waals surface area contributed by atoms with E-state index in [0.29, 0.717) is 0 Å². The highest BCUT2D eigenvalue weighted by Crippen LogP contribution is 2.45. The van der Waals surface area contributed by atoms with E-state index in [2.05, 4.69) is 154 Å². The van der Waals surface area contributed by atoms with Crippen molar-refractivity contribution in [1.29, 1.82) is 0 Å². The zero-order chi connectivity index (χ0) is 29.6. The number of aromatic nitrogens is 1. The van der Waals surface area contributed by atoms with Crippen molar-refractivity contribution >= 4 is 92.0 Å². The second kappa shape index (κ2) is 9.31. The van der Waals surface area contributed by atoms with Gasteiger partial charge in [-0.05, 0) is 69.1 Å². The topological polar surface area (TPSA) is 18.1 Å². The number of hydrogen-bond donors (Lipinski definition) is 0. The fraction of sp³-hybridized carbons (Fsp3) is 0. The molecule has 10 aromatic rings. The van der Waals surface area contributed by atoms with Crippen molar-refractivity contribution in [3.05, 3.63) is 150 Å². The van der Waals surface area contributed by atoms with E-state index >= 15 is 0 Å². The number of nitrogens with zero attached hydrogens (tertiary/aromatic N) is 1. The van der Waals surface area contributed by atoms with Gasteiger partial charge in [-0.25, -0.2) is 0 Å². The van der Waals surface area contributed by atoms with Gasteiger partial charge < -0.3 is 8.98 Å². The molecule has 0 unspecified atom stereocenters. The Balaban J connectivity index is 1.36. The Morgan fingerprint density at radius 3 is 1.93 bits per heavy atom. The first-order valence-electron chi connectivity index (χ1n) is 15.2. The van der Waals surface area contributed by atoms with E-state index < -0.39 is 0 Å². The number of hydrogen-bond acceptors (Lipinski definition) is 1. The number of halogens is 1. The fourth-order valence-corrected chi connectivity index (χ4v) is 7.95. The smallest absolute Gasteiger partial charge is 0.135 e. The molecule has 45 heavy (non-hydrogen) atoms. The highest BCUT2D eigenvalue weighted by molar-refractivity contribution is 9.10. The van der Waals surface area contributed by atoms with Crippen LogP contribution >= 0.6 is 15.9 Å². The average Bonchev–Trinajstić information content (AvgIpc) is 3.64. The number of fused-ring (bicyclic) bond motifs is 13. The van der Waals surface area contributed by atoms with E-state index in [1.165, 1.54) is 54.1 Å². The molecule has 0 saturated heterocycles. The van der Waals surface area contributed by atoms with Gasteiger partial charge in [-0.2, -0.15) is 0 Å². The Bertz CT molecular complexity index is 2840. The van der Waals surface area contributed by atoms with Crippen molar-refractivity contribution in [1.82, 2.24) is 4.57 Å². The van der Waals surface area contributed by atoms with Gasteiger partial charge in [0.15, 0.2) is 0 Å². The van der Waals surface area contributed by atoms with Crippen LogP contribution in [-0.4, -0.2) is 4.57 Å². The molecule has 0 spiro atoms. The van der Waals surface area contributed by atoms with Crippen LogP contribution < -0.4 is 0 Å². The highest BCUT2D eigenvalue weighted by atomic mass is 79.9. The van der Waals surface area contributed by atoms with Crippen molar-refractivity contribution in [2.45, 2.75) is 0 Å². The van der Waals surface area contributed by atoms with E-state index in [1.807, 2.05) is 12.1 Å². The summed E-state index contributed by atoms with van der Waals surface area (Å²) in [7, 11) is 0. The lowest BCUT2D eigenvalue weighted by molar-refractivity contribution is 0.669. The third-order valence-corrected chi connectivity index (χ3v) is 9.83. The molecule has 10 rings (SSSR count). The Kier molecular flexibility index (Phi) is 5.17. The Hall–Kier alpha value is -5.38. The highest BCUT2D eigenvalue weighted by Gasteiger charge is 2.21. The summed E-state index contributed by atoms with van der Waals surface area (Å²) in [5, 5.41) is 12.4. The van der Waals surface area contributed by atoms with Crippen LogP contribution in [0.25, 0.3) is 92.9 Å². The Morgan fingerprint density at radius 2 is 1.09 bits per heavy atom. The lowest BCUT2D eigenvalue weighted by Crippen LogP contribution is -1.97. The summed E-state index contributed by atoms with van der Waals surface area (Å²) < 4.78 is 9.69. The molecule has 0 saturated carbocycles. The van der Waals surface area contributed by atoms with Gasteiger partial charge >= 0.3 is 0 Å². The van der Waals surface area contributed by atoms with E-state index in [4.69, 9.17) is 4.42 Å². The molecular formula is C42H24BrNO. The number of para-hydroxylation sites is 1. The van der Waals surface area contributed by atoms with Crippen LogP contribution in [0.1, 0.15) is 0 Å². The lowest BCUT2D eigenvalue weighted by atomic mass is 9.96. The SMILES string of the molecule is Brc1cc(-c2ccc3oc4ccccc4c3c2)cc(-n2c3c4ccccc4ccc3c3c4ccccc4c4ccccc4c32)c1. The summed E-state index contributed by atoms with van der Waals surface area (Å²) in [5.74, 6) is 0. The molecule has 3 heteroatoms. The van der Waals surface area contributed by atoms with Crippen LogP contribution in [0.15, 0.2) is 154 Å². The van der Waals surface area contributed by atoms with Crippen LogP contribution in [0.2, 0.25) is 0 Å². The Morgan fingerprint density at radius 1 is 0.422 bits per heavy atom. The van der Waals surface area contributed by atoms with Gasteiger partial charge in [0.05, 0.1) is 11.0 Å². The number of rotatable bonds is 2. The molecular weight excluding hydrogens is 614 g/mol. The molecule has 0 aliphatic rings. The van der Waals surface area contributed by atoms with Gasteiger partial charge in [-0.1, -0.05) is 125 Å². The minimum absolute atomic E-state index is 0.905. The van der Waals surface area contributed by atoms with Crippen molar-refractivity contribution in [3.63, 3.8) is 0 Å². The third-order valence-electron chi connectivity index (χ3n) is 9.37. The van der Waals surface area contributed by atoms with Crippen LogP contribution in [0.4, 0.5) is 0 Å². The van der Waals surface area contributed by atoms with Crippen molar-refractivity contribution < 1.29 is 4.42 Å². The van der Waals surface area contributed by atoms with E-state index in [0.717, 1.165) is 43.2 Å². The van der Waals surface area contributed by atoms with Crippen molar-refractivity contribution in [2.24, 2.45) is 0 Å². The van der Waals surface area contributed by atoms with Gasteiger partial charge in [0.25, 0.3) is 0 Å². The molecule has 0 atom stereocenters. The van der Waals surface area contributed by atoms with E-state index in [1.54, 1.807) is 0 Å². The number of furan rings is 1. The Labute approximate surface area is 266 Å². The maximum absolute atomic E-state index is 6.15. The molecule has 210 valence electrons. The molecule has 0 amide bonds. The average molecular weight is 639 g/mol. The zero-order valence-electron chi connectivity index (χ0n) is 24.1. The number of benzene rings is 8. The molecule has 0 N–H and O–H groups in total. The lowest BCUT2D eigenvalue weighted by Gasteiger charge is -2.15. The first kappa shape index (κ1) is 25.0. The second-order valence-electron chi connectivity index (χ2n) is 11.8. The largest absolute Gasteiger partial charge is 0.456 e. The van der Waals surface area contributed by atoms with Crippen LogP contribution in [0.5, 0.6) is 0 Å². The fourth-order valence-electron chi connectivity index (χ4n) is 7.47. The van der Waals surface area contributed by atoms with E-state index in [9.17, 15) is 0 Å². The summed E-state index contributed by atoms with van der Waals surface area (Å²) in [5.41, 5.74) is 7.69.